The molecule has 0 N–H and O–H groups in total. The van der Waals surface area contributed by atoms with Gasteiger partial charge < -0.3 is 9.80 Å². The van der Waals surface area contributed by atoms with Crippen LogP contribution in [0.25, 0.3) is 11.3 Å². The van der Waals surface area contributed by atoms with E-state index in [9.17, 15) is 9.18 Å². The third-order valence-corrected chi connectivity index (χ3v) is 6.01. The number of hydrogen-bond donors (Lipinski definition) is 0. The minimum absolute atomic E-state index is 0.0318. The SMILES string of the molecule is Cc1ccc(-c2ccc(N3CCN(C(=O)Cc4c(F)cccc4Cl)CC3)nn2)c(C)c1. The molecule has 4 rings (SSSR count). The molecule has 2 aromatic carbocycles. The van der Waals surface area contributed by atoms with Gasteiger partial charge in [0.05, 0.1) is 12.1 Å². The lowest BCUT2D eigenvalue weighted by Crippen LogP contribution is -2.49. The number of hydrogen-bond acceptors (Lipinski definition) is 4. The van der Waals surface area contributed by atoms with Crippen LogP contribution >= 0.6 is 11.6 Å². The van der Waals surface area contributed by atoms with Crippen molar-refractivity contribution < 1.29 is 9.18 Å². The zero-order chi connectivity index (χ0) is 22.0. The lowest BCUT2D eigenvalue weighted by molar-refractivity contribution is -0.130. The molecule has 0 aliphatic carbocycles. The van der Waals surface area contributed by atoms with E-state index in [0.717, 1.165) is 17.1 Å². The van der Waals surface area contributed by atoms with Crippen LogP contribution in [0.1, 0.15) is 16.7 Å². The molecular formula is C24H24ClFN4O. The van der Waals surface area contributed by atoms with Crippen LogP contribution in [0.15, 0.2) is 48.5 Å². The second-order valence-electron chi connectivity index (χ2n) is 7.84. The van der Waals surface area contributed by atoms with Crippen LogP contribution < -0.4 is 4.90 Å². The molecule has 0 atom stereocenters. The minimum Gasteiger partial charge on any atom is -0.352 e. The topological polar surface area (TPSA) is 49.3 Å². The third-order valence-electron chi connectivity index (χ3n) is 5.65. The zero-order valence-electron chi connectivity index (χ0n) is 17.6. The van der Waals surface area contributed by atoms with Gasteiger partial charge in [-0.05, 0) is 43.7 Å². The summed E-state index contributed by atoms with van der Waals surface area (Å²) in [6, 6.07) is 14.7. The van der Waals surface area contributed by atoms with Crippen LogP contribution in [-0.2, 0) is 11.2 Å². The van der Waals surface area contributed by atoms with Crippen molar-refractivity contribution in [2.75, 3.05) is 31.1 Å². The summed E-state index contributed by atoms with van der Waals surface area (Å²) in [6.07, 6.45) is -0.0318. The Morgan fingerprint density at radius 1 is 1.03 bits per heavy atom. The molecule has 3 aromatic rings. The van der Waals surface area contributed by atoms with Crippen molar-refractivity contribution >= 4 is 23.3 Å². The van der Waals surface area contributed by atoms with Crippen molar-refractivity contribution in [3.63, 3.8) is 0 Å². The third kappa shape index (κ3) is 4.69. The van der Waals surface area contributed by atoms with Gasteiger partial charge in [0.1, 0.15) is 5.82 Å². The average Bonchev–Trinajstić information content (AvgIpc) is 2.77. The van der Waals surface area contributed by atoms with E-state index in [2.05, 4.69) is 47.1 Å². The molecule has 1 aliphatic rings. The predicted octanol–water partition coefficient (Wildman–Crippen LogP) is 4.44. The highest BCUT2D eigenvalue weighted by Gasteiger charge is 2.23. The fourth-order valence-corrected chi connectivity index (χ4v) is 4.12. The van der Waals surface area contributed by atoms with E-state index in [0.29, 0.717) is 26.2 Å². The lowest BCUT2D eigenvalue weighted by atomic mass is 10.0. The molecule has 160 valence electrons. The molecule has 5 nitrogen and oxygen atoms in total. The van der Waals surface area contributed by atoms with Gasteiger partial charge in [0.25, 0.3) is 0 Å². The Balaban J connectivity index is 1.38. The second kappa shape index (κ2) is 9.02. The molecule has 0 saturated carbocycles. The monoisotopic (exact) mass is 438 g/mol. The van der Waals surface area contributed by atoms with E-state index >= 15 is 0 Å². The number of halogens is 2. The fraction of sp³-hybridized carbons (Fsp3) is 0.292. The number of anilines is 1. The first-order valence-corrected chi connectivity index (χ1v) is 10.7. The van der Waals surface area contributed by atoms with E-state index in [1.165, 1.54) is 23.3 Å². The van der Waals surface area contributed by atoms with Crippen molar-refractivity contribution in [2.45, 2.75) is 20.3 Å². The van der Waals surface area contributed by atoms with E-state index in [1.807, 2.05) is 12.1 Å². The highest BCUT2D eigenvalue weighted by Crippen LogP contribution is 2.24. The Labute approximate surface area is 186 Å². The molecule has 1 amide bonds. The zero-order valence-corrected chi connectivity index (χ0v) is 18.4. The van der Waals surface area contributed by atoms with Crippen LogP contribution in [0.2, 0.25) is 5.02 Å². The highest BCUT2D eigenvalue weighted by atomic mass is 35.5. The van der Waals surface area contributed by atoms with Gasteiger partial charge in [-0.2, -0.15) is 0 Å². The van der Waals surface area contributed by atoms with Crippen molar-refractivity contribution in [3.05, 3.63) is 76.1 Å². The summed E-state index contributed by atoms with van der Waals surface area (Å²) >= 11 is 6.06. The van der Waals surface area contributed by atoms with Crippen LogP contribution in [0.4, 0.5) is 10.2 Å². The number of carbonyl (C=O) groups is 1. The Hall–Kier alpha value is -2.99. The molecule has 0 spiro atoms. The largest absolute Gasteiger partial charge is 0.352 e. The summed E-state index contributed by atoms with van der Waals surface area (Å²) in [5.41, 5.74) is 4.56. The summed E-state index contributed by atoms with van der Waals surface area (Å²) < 4.78 is 14.0. The van der Waals surface area contributed by atoms with Crippen molar-refractivity contribution in [3.8, 4) is 11.3 Å². The number of rotatable bonds is 4. The molecule has 0 bridgehead atoms. The van der Waals surface area contributed by atoms with Gasteiger partial charge in [-0.1, -0.05) is 41.4 Å². The summed E-state index contributed by atoms with van der Waals surface area (Å²) in [4.78, 5) is 16.5. The second-order valence-corrected chi connectivity index (χ2v) is 8.25. The number of aryl methyl sites for hydroxylation is 2. The van der Waals surface area contributed by atoms with Gasteiger partial charge in [0.2, 0.25) is 5.91 Å². The molecule has 7 heteroatoms. The van der Waals surface area contributed by atoms with Gasteiger partial charge in [-0.15, -0.1) is 10.2 Å². The van der Waals surface area contributed by atoms with E-state index in [-0.39, 0.29) is 22.9 Å². The van der Waals surface area contributed by atoms with Crippen LogP contribution in [0, 0.1) is 19.7 Å². The quantitative estimate of drug-likeness (QED) is 0.604. The van der Waals surface area contributed by atoms with Crippen LogP contribution in [0.5, 0.6) is 0 Å². The smallest absolute Gasteiger partial charge is 0.227 e. The van der Waals surface area contributed by atoms with Crippen molar-refractivity contribution in [2.24, 2.45) is 0 Å². The first-order valence-electron chi connectivity index (χ1n) is 10.3. The standard InChI is InChI=1S/C24H24ClFN4O/c1-16-6-7-18(17(2)14-16)22-8-9-23(28-27-22)29-10-12-30(13-11-29)24(31)15-19-20(25)4-3-5-21(19)26/h3-9,14H,10-13,15H2,1-2H3. The predicted molar refractivity (Wildman–Crippen MR) is 121 cm³/mol. The van der Waals surface area contributed by atoms with E-state index in [4.69, 9.17) is 11.6 Å². The van der Waals surface area contributed by atoms with Crippen molar-refractivity contribution in [1.82, 2.24) is 15.1 Å². The maximum absolute atomic E-state index is 14.0. The van der Waals surface area contributed by atoms with E-state index in [1.54, 1.807) is 11.0 Å². The van der Waals surface area contributed by atoms with E-state index < -0.39 is 5.82 Å². The minimum atomic E-state index is -0.446. The Kier molecular flexibility index (Phi) is 6.18. The van der Waals surface area contributed by atoms with Gasteiger partial charge >= 0.3 is 0 Å². The maximum Gasteiger partial charge on any atom is 0.227 e. The normalized spacial score (nSPS) is 14.1. The number of amides is 1. The fourth-order valence-electron chi connectivity index (χ4n) is 3.89. The van der Waals surface area contributed by atoms with Gasteiger partial charge in [0, 0.05) is 42.3 Å². The number of aromatic nitrogens is 2. The summed E-state index contributed by atoms with van der Waals surface area (Å²) in [6.45, 7) is 6.53. The maximum atomic E-state index is 14.0. The molecule has 1 aromatic heterocycles. The number of nitrogens with zero attached hydrogens (tertiary/aromatic N) is 4. The highest BCUT2D eigenvalue weighted by molar-refractivity contribution is 6.31. The molecular weight excluding hydrogens is 415 g/mol. The lowest BCUT2D eigenvalue weighted by Gasteiger charge is -2.35. The van der Waals surface area contributed by atoms with Crippen LogP contribution in [-0.4, -0.2) is 47.2 Å². The van der Waals surface area contributed by atoms with Gasteiger partial charge in [0.15, 0.2) is 5.82 Å². The average molecular weight is 439 g/mol. The summed E-state index contributed by atoms with van der Waals surface area (Å²) in [7, 11) is 0. The summed E-state index contributed by atoms with van der Waals surface area (Å²) in [5, 5.41) is 9.11. The van der Waals surface area contributed by atoms with Gasteiger partial charge in [-0.3, -0.25) is 4.79 Å². The van der Waals surface area contributed by atoms with Crippen LogP contribution in [0.3, 0.4) is 0 Å². The molecule has 1 aliphatic heterocycles. The molecule has 31 heavy (non-hydrogen) atoms. The number of carbonyl (C=O) groups excluding carboxylic acids is 1. The number of benzene rings is 2. The summed E-state index contributed by atoms with van der Waals surface area (Å²) in [5.74, 6) is 0.222. The number of piperazine rings is 1. The Morgan fingerprint density at radius 2 is 1.81 bits per heavy atom. The first-order chi connectivity index (χ1) is 14.9. The first kappa shape index (κ1) is 21.2. The molecule has 2 heterocycles. The molecule has 1 fully saturated rings. The Bertz CT molecular complexity index is 1070. The molecule has 0 unspecified atom stereocenters. The Morgan fingerprint density at radius 3 is 2.45 bits per heavy atom. The van der Waals surface area contributed by atoms with Gasteiger partial charge in [-0.25, -0.2) is 4.39 Å². The molecule has 1 saturated heterocycles. The molecule has 0 radical (unpaired) electrons. The van der Waals surface area contributed by atoms with Crippen molar-refractivity contribution in [1.29, 1.82) is 0 Å².